The van der Waals surface area contributed by atoms with Gasteiger partial charge >= 0.3 is 0 Å². The van der Waals surface area contributed by atoms with Crippen LogP contribution in [0.2, 0.25) is 0 Å². The second-order valence-corrected chi connectivity index (χ2v) is 5.67. The van der Waals surface area contributed by atoms with Crippen molar-refractivity contribution in [2.45, 2.75) is 52.1 Å². The predicted octanol–water partition coefficient (Wildman–Crippen LogP) is 2.10. The average Bonchev–Trinajstić information content (AvgIpc) is 2.37. The van der Waals surface area contributed by atoms with Crippen LogP contribution in [0.1, 0.15) is 36.5 Å². The fourth-order valence-corrected chi connectivity index (χ4v) is 2.66. The summed E-state index contributed by atoms with van der Waals surface area (Å²) in [6.45, 7) is 7.33. The normalized spacial score (nSPS) is 23.1. The van der Waals surface area contributed by atoms with Gasteiger partial charge in [0.25, 0.3) is 0 Å². The number of nitrogens with one attached hydrogen (secondary N) is 2. The Morgan fingerprint density at radius 1 is 1.42 bits per heavy atom. The maximum absolute atomic E-state index is 12.2. The molecule has 0 saturated carbocycles. The fourth-order valence-electron chi connectivity index (χ4n) is 2.66. The quantitative estimate of drug-likeness (QED) is 0.874. The average molecular weight is 260 g/mol. The van der Waals surface area contributed by atoms with Crippen LogP contribution in [0.25, 0.3) is 0 Å². The van der Waals surface area contributed by atoms with E-state index in [0.717, 1.165) is 24.9 Å². The molecular formula is C16H24N2O. The number of rotatable bonds is 3. The molecule has 104 valence electrons. The van der Waals surface area contributed by atoms with E-state index in [4.69, 9.17) is 0 Å². The molecule has 2 rings (SSSR count). The van der Waals surface area contributed by atoms with Gasteiger partial charge in [-0.25, -0.2) is 0 Å². The summed E-state index contributed by atoms with van der Waals surface area (Å²) in [6.07, 6.45) is 2.70. The Balaban J connectivity index is 1.95. The third kappa shape index (κ3) is 3.80. The highest BCUT2D eigenvalue weighted by Crippen LogP contribution is 2.13. The van der Waals surface area contributed by atoms with Crippen LogP contribution in [0.4, 0.5) is 0 Å². The zero-order chi connectivity index (χ0) is 13.8. The molecule has 1 aromatic carbocycles. The summed E-state index contributed by atoms with van der Waals surface area (Å²) < 4.78 is 0. The van der Waals surface area contributed by atoms with Crippen LogP contribution in [-0.4, -0.2) is 24.5 Å². The van der Waals surface area contributed by atoms with Crippen molar-refractivity contribution in [3.8, 4) is 0 Å². The minimum absolute atomic E-state index is 0.134. The molecule has 2 atom stereocenters. The molecule has 3 heteroatoms. The van der Waals surface area contributed by atoms with Crippen molar-refractivity contribution in [3.63, 3.8) is 0 Å². The largest absolute Gasteiger partial charge is 0.352 e. The van der Waals surface area contributed by atoms with Gasteiger partial charge in [0.2, 0.25) is 5.91 Å². The van der Waals surface area contributed by atoms with Crippen molar-refractivity contribution in [2.75, 3.05) is 6.54 Å². The van der Waals surface area contributed by atoms with Crippen molar-refractivity contribution in [1.82, 2.24) is 10.6 Å². The van der Waals surface area contributed by atoms with E-state index >= 15 is 0 Å². The van der Waals surface area contributed by atoms with Crippen molar-refractivity contribution >= 4 is 5.91 Å². The molecule has 1 aliphatic heterocycles. The lowest BCUT2D eigenvalue weighted by Crippen LogP contribution is -2.52. The van der Waals surface area contributed by atoms with Crippen LogP contribution in [0.5, 0.6) is 0 Å². The lowest BCUT2D eigenvalue weighted by Gasteiger charge is -2.30. The molecule has 2 unspecified atom stereocenters. The Labute approximate surface area is 115 Å². The Hall–Kier alpha value is -1.35. The van der Waals surface area contributed by atoms with Gasteiger partial charge in [0.05, 0.1) is 6.42 Å². The number of hydrogen-bond acceptors (Lipinski definition) is 2. The van der Waals surface area contributed by atoms with Gasteiger partial charge < -0.3 is 10.6 Å². The molecule has 1 saturated heterocycles. The van der Waals surface area contributed by atoms with Crippen LogP contribution < -0.4 is 10.6 Å². The molecule has 1 fully saturated rings. The first-order chi connectivity index (χ1) is 9.06. The number of benzene rings is 1. The van der Waals surface area contributed by atoms with Crippen molar-refractivity contribution in [2.24, 2.45) is 0 Å². The van der Waals surface area contributed by atoms with Gasteiger partial charge in [-0.1, -0.05) is 23.8 Å². The summed E-state index contributed by atoms with van der Waals surface area (Å²) in [5.41, 5.74) is 3.53. The van der Waals surface area contributed by atoms with Gasteiger partial charge in [-0.2, -0.15) is 0 Å². The number of amides is 1. The minimum atomic E-state index is 0.134. The molecule has 1 aromatic rings. The Bertz CT molecular complexity index is 456. The molecule has 2 N–H and O–H groups in total. The molecule has 0 spiro atoms. The fraction of sp³-hybridized carbons (Fsp3) is 0.562. The first-order valence-electron chi connectivity index (χ1n) is 7.15. The van der Waals surface area contributed by atoms with E-state index in [1.807, 2.05) is 0 Å². The molecule has 1 aliphatic rings. The first kappa shape index (κ1) is 14.1. The van der Waals surface area contributed by atoms with Crippen molar-refractivity contribution in [3.05, 3.63) is 34.9 Å². The standard InChI is InChI=1S/C16H24N2O/c1-11-6-7-12(2)14(9-11)10-16(19)18-15-5-4-8-17-13(15)3/h6-7,9,13,15,17H,4-5,8,10H2,1-3H3,(H,18,19). The van der Waals surface area contributed by atoms with E-state index in [2.05, 4.69) is 49.6 Å². The van der Waals surface area contributed by atoms with Gasteiger partial charge in [0.15, 0.2) is 0 Å². The Kier molecular flexibility index (Phi) is 4.59. The Morgan fingerprint density at radius 3 is 2.95 bits per heavy atom. The predicted molar refractivity (Wildman–Crippen MR) is 78.2 cm³/mol. The molecule has 1 heterocycles. The smallest absolute Gasteiger partial charge is 0.224 e. The molecule has 3 nitrogen and oxygen atoms in total. The van der Waals surface area contributed by atoms with Crippen LogP contribution in [0.15, 0.2) is 18.2 Å². The van der Waals surface area contributed by atoms with Crippen LogP contribution in [0.3, 0.4) is 0 Å². The highest BCUT2D eigenvalue weighted by atomic mass is 16.1. The number of carbonyl (C=O) groups is 1. The molecule has 19 heavy (non-hydrogen) atoms. The molecule has 0 radical (unpaired) electrons. The second-order valence-electron chi connectivity index (χ2n) is 5.67. The third-order valence-corrected chi connectivity index (χ3v) is 3.96. The summed E-state index contributed by atoms with van der Waals surface area (Å²) in [5.74, 6) is 0.134. The summed E-state index contributed by atoms with van der Waals surface area (Å²) in [6, 6.07) is 6.92. The van der Waals surface area contributed by atoms with E-state index in [-0.39, 0.29) is 11.9 Å². The van der Waals surface area contributed by atoms with Gasteiger partial charge in [0, 0.05) is 12.1 Å². The number of hydrogen-bond donors (Lipinski definition) is 2. The lowest BCUT2D eigenvalue weighted by atomic mass is 9.98. The second kappa shape index (κ2) is 6.20. The molecule has 0 aromatic heterocycles. The molecular weight excluding hydrogens is 236 g/mol. The van der Waals surface area contributed by atoms with E-state index in [1.165, 1.54) is 11.1 Å². The topological polar surface area (TPSA) is 41.1 Å². The maximum atomic E-state index is 12.2. The minimum Gasteiger partial charge on any atom is -0.352 e. The Morgan fingerprint density at radius 2 is 2.21 bits per heavy atom. The molecule has 1 amide bonds. The van der Waals surface area contributed by atoms with E-state index in [1.54, 1.807) is 0 Å². The first-order valence-corrected chi connectivity index (χ1v) is 7.15. The van der Waals surface area contributed by atoms with Crippen LogP contribution in [0, 0.1) is 13.8 Å². The van der Waals surface area contributed by atoms with Gasteiger partial charge in [-0.3, -0.25) is 4.79 Å². The van der Waals surface area contributed by atoms with E-state index in [0.29, 0.717) is 12.5 Å². The van der Waals surface area contributed by atoms with Crippen molar-refractivity contribution < 1.29 is 4.79 Å². The summed E-state index contributed by atoms with van der Waals surface area (Å²) in [7, 11) is 0. The van der Waals surface area contributed by atoms with Gasteiger partial charge in [-0.05, 0) is 51.3 Å². The third-order valence-electron chi connectivity index (χ3n) is 3.96. The summed E-state index contributed by atoms with van der Waals surface area (Å²) in [5, 5.41) is 6.57. The zero-order valence-corrected chi connectivity index (χ0v) is 12.1. The van der Waals surface area contributed by atoms with Crippen LogP contribution >= 0.6 is 0 Å². The van der Waals surface area contributed by atoms with Gasteiger partial charge in [0.1, 0.15) is 0 Å². The molecule has 0 aliphatic carbocycles. The van der Waals surface area contributed by atoms with Crippen molar-refractivity contribution in [1.29, 1.82) is 0 Å². The molecule has 0 bridgehead atoms. The van der Waals surface area contributed by atoms with Crippen LogP contribution in [-0.2, 0) is 11.2 Å². The summed E-state index contributed by atoms with van der Waals surface area (Å²) in [4.78, 5) is 12.2. The van der Waals surface area contributed by atoms with E-state index in [9.17, 15) is 4.79 Å². The summed E-state index contributed by atoms with van der Waals surface area (Å²) >= 11 is 0. The monoisotopic (exact) mass is 260 g/mol. The number of carbonyl (C=O) groups excluding carboxylic acids is 1. The number of aryl methyl sites for hydroxylation is 2. The highest BCUT2D eigenvalue weighted by Gasteiger charge is 2.22. The highest BCUT2D eigenvalue weighted by molar-refractivity contribution is 5.79. The zero-order valence-electron chi connectivity index (χ0n) is 12.1. The lowest BCUT2D eigenvalue weighted by molar-refractivity contribution is -0.121. The number of piperidine rings is 1. The van der Waals surface area contributed by atoms with Gasteiger partial charge in [-0.15, -0.1) is 0 Å². The van der Waals surface area contributed by atoms with E-state index < -0.39 is 0 Å². The maximum Gasteiger partial charge on any atom is 0.224 e. The SMILES string of the molecule is Cc1ccc(C)c(CC(=O)NC2CCCNC2C)c1.